The van der Waals surface area contributed by atoms with Crippen LogP contribution >= 0.6 is 0 Å². The van der Waals surface area contributed by atoms with E-state index < -0.39 is 0 Å². The minimum Gasteiger partial charge on any atom is -0.332 e. The summed E-state index contributed by atoms with van der Waals surface area (Å²) in [7, 11) is 1.76. The first-order chi connectivity index (χ1) is 7.68. The second-order valence-corrected chi connectivity index (χ2v) is 4.41. The molecule has 0 saturated heterocycles. The van der Waals surface area contributed by atoms with E-state index in [1.54, 1.807) is 24.0 Å². The lowest BCUT2D eigenvalue weighted by atomic mass is 9.98. The van der Waals surface area contributed by atoms with Crippen molar-refractivity contribution in [3.8, 4) is 0 Å². The molecule has 1 aromatic rings. The number of carbonyl (C=O) groups excluding carboxylic acids is 2. The van der Waals surface area contributed by atoms with E-state index in [1.165, 1.54) is 0 Å². The van der Waals surface area contributed by atoms with Gasteiger partial charge in [0.1, 0.15) is 5.78 Å². The average Bonchev–Trinajstić information content (AvgIpc) is 2.86. The van der Waals surface area contributed by atoms with E-state index in [-0.39, 0.29) is 23.9 Å². The number of Topliss-reactive ketones (excluding diaryl/α,β-unsaturated/α-hetero) is 2. The molecular weight excluding hydrogens is 204 g/mol. The summed E-state index contributed by atoms with van der Waals surface area (Å²) < 4.78 is 1.66. The molecule has 0 amide bonds. The normalized spacial score (nSPS) is 16.6. The first-order valence-electron chi connectivity index (χ1n) is 5.71. The lowest BCUT2D eigenvalue weighted by Crippen LogP contribution is -2.18. The molecule has 1 aromatic heterocycles. The Morgan fingerprint density at radius 3 is 2.69 bits per heavy atom. The van der Waals surface area contributed by atoms with Gasteiger partial charge in [0.15, 0.2) is 5.82 Å². The molecule has 4 nitrogen and oxygen atoms in total. The number of carbonyl (C=O) groups is 2. The molecular formula is C12H16N2O2. The van der Waals surface area contributed by atoms with Gasteiger partial charge in [0, 0.05) is 25.4 Å². The third kappa shape index (κ3) is 2.21. The lowest BCUT2D eigenvalue weighted by Gasteiger charge is -2.06. The van der Waals surface area contributed by atoms with Gasteiger partial charge in [0.2, 0.25) is 5.78 Å². The van der Waals surface area contributed by atoms with Gasteiger partial charge < -0.3 is 4.57 Å². The molecule has 0 atom stereocenters. The summed E-state index contributed by atoms with van der Waals surface area (Å²) in [6, 6.07) is 0. The van der Waals surface area contributed by atoms with E-state index in [9.17, 15) is 9.59 Å². The van der Waals surface area contributed by atoms with E-state index in [1.807, 2.05) is 0 Å². The molecule has 16 heavy (non-hydrogen) atoms. The molecule has 2 rings (SSSR count). The average molecular weight is 220 g/mol. The smallest absolute Gasteiger partial charge is 0.205 e. The van der Waals surface area contributed by atoms with Crippen LogP contribution in [0.1, 0.15) is 42.7 Å². The molecule has 0 bridgehead atoms. The third-order valence-electron chi connectivity index (χ3n) is 3.22. The van der Waals surface area contributed by atoms with Crippen LogP contribution in [0.25, 0.3) is 0 Å². The number of hydrogen-bond acceptors (Lipinski definition) is 3. The molecule has 1 saturated carbocycles. The summed E-state index contributed by atoms with van der Waals surface area (Å²) in [6.45, 7) is 0. The van der Waals surface area contributed by atoms with Gasteiger partial charge >= 0.3 is 0 Å². The van der Waals surface area contributed by atoms with Gasteiger partial charge in [-0.15, -0.1) is 0 Å². The van der Waals surface area contributed by atoms with E-state index in [0.29, 0.717) is 5.82 Å². The van der Waals surface area contributed by atoms with Crippen molar-refractivity contribution in [2.45, 2.75) is 32.1 Å². The zero-order chi connectivity index (χ0) is 11.5. The number of ketones is 2. The Morgan fingerprint density at radius 1 is 1.44 bits per heavy atom. The van der Waals surface area contributed by atoms with Crippen molar-refractivity contribution in [1.29, 1.82) is 0 Å². The lowest BCUT2D eigenvalue weighted by molar-refractivity contribution is -0.121. The van der Waals surface area contributed by atoms with Crippen LogP contribution in [0.4, 0.5) is 0 Å². The quantitative estimate of drug-likeness (QED) is 0.573. The second kappa shape index (κ2) is 4.60. The summed E-state index contributed by atoms with van der Waals surface area (Å²) in [5.74, 6) is 0.422. The van der Waals surface area contributed by atoms with Gasteiger partial charge in [-0.25, -0.2) is 4.98 Å². The molecule has 0 spiro atoms. The molecule has 0 aromatic carbocycles. The predicted molar refractivity (Wildman–Crippen MR) is 59.1 cm³/mol. The molecule has 4 heteroatoms. The Bertz CT molecular complexity index is 403. The fourth-order valence-corrected chi connectivity index (χ4v) is 2.26. The maximum atomic E-state index is 11.8. The summed E-state index contributed by atoms with van der Waals surface area (Å²) in [4.78, 5) is 27.6. The highest BCUT2D eigenvalue weighted by atomic mass is 16.1. The fraction of sp³-hybridized carbons (Fsp3) is 0.583. The molecule has 1 aliphatic carbocycles. The van der Waals surface area contributed by atoms with Gasteiger partial charge in [-0.2, -0.15) is 0 Å². The third-order valence-corrected chi connectivity index (χ3v) is 3.22. The Hall–Kier alpha value is -1.45. The highest BCUT2D eigenvalue weighted by Gasteiger charge is 2.25. The van der Waals surface area contributed by atoms with E-state index in [0.717, 1.165) is 25.7 Å². The van der Waals surface area contributed by atoms with Crippen LogP contribution in [-0.4, -0.2) is 21.1 Å². The van der Waals surface area contributed by atoms with Crippen LogP contribution in [0.2, 0.25) is 0 Å². The number of aromatic nitrogens is 2. The van der Waals surface area contributed by atoms with Crippen molar-refractivity contribution < 1.29 is 9.59 Å². The molecule has 0 radical (unpaired) electrons. The van der Waals surface area contributed by atoms with Crippen LogP contribution in [0.5, 0.6) is 0 Å². The van der Waals surface area contributed by atoms with Gasteiger partial charge in [0.25, 0.3) is 0 Å². The minimum atomic E-state index is -0.163. The zero-order valence-corrected chi connectivity index (χ0v) is 9.48. The van der Waals surface area contributed by atoms with Gasteiger partial charge in [-0.3, -0.25) is 9.59 Å². The van der Waals surface area contributed by atoms with Crippen molar-refractivity contribution in [2.24, 2.45) is 13.0 Å². The van der Waals surface area contributed by atoms with Crippen molar-refractivity contribution in [2.75, 3.05) is 0 Å². The highest BCUT2D eigenvalue weighted by molar-refractivity contribution is 6.06. The maximum absolute atomic E-state index is 11.8. The topological polar surface area (TPSA) is 52.0 Å². The first kappa shape index (κ1) is 11.0. The largest absolute Gasteiger partial charge is 0.332 e. The molecule has 1 fully saturated rings. The number of imidazole rings is 1. The van der Waals surface area contributed by atoms with Gasteiger partial charge in [-0.05, 0) is 12.8 Å². The monoisotopic (exact) mass is 220 g/mol. The van der Waals surface area contributed by atoms with E-state index in [2.05, 4.69) is 4.98 Å². The Balaban J connectivity index is 1.97. The van der Waals surface area contributed by atoms with Crippen molar-refractivity contribution >= 4 is 11.6 Å². The minimum absolute atomic E-state index is 0.00944. The fourth-order valence-electron chi connectivity index (χ4n) is 2.26. The van der Waals surface area contributed by atoms with Crippen LogP contribution in [-0.2, 0) is 11.8 Å². The van der Waals surface area contributed by atoms with Gasteiger partial charge in [-0.1, -0.05) is 12.8 Å². The Kier molecular flexibility index (Phi) is 3.17. The van der Waals surface area contributed by atoms with E-state index in [4.69, 9.17) is 0 Å². The maximum Gasteiger partial charge on any atom is 0.205 e. The van der Waals surface area contributed by atoms with Crippen molar-refractivity contribution in [3.63, 3.8) is 0 Å². The van der Waals surface area contributed by atoms with Crippen molar-refractivity contribution in [1.82, 2.24) is 9.55 Å². The number of rotatable bonds is 4. The molecule has 0 aliphatic heterocycles. The van der Waals surface area contributed by atoms with E-state index >= 15 is 0 Å². The highest BCUT2D eigenvalue weighted by Crippen LogP contribution is 2.26. The second-order valence-electron chi connectivity index (χ2n) is 4.41. The Labute approximate surface area is 94.7 Å². The number of aryl methyl sites for hydroxylation is 1. The number of nitrogens with zero attached hydrogens (tertiary/aromatic N) is 2. The van der Waals surface area contributed by atoms with Crippen LogP contribution < -0.4 is 0 Å². The Morgan fingerprint density at radius 2 is 2.12 bits per heavy atom. The first-order valence-corrected chi connectivity index (χ1v) is 5.71. The van der Waals surface area contributed by atoms with Crippen LogP contribution in [0, 0.1) is 5.92 Å². The van der Waals surface area contributed by atoms with Crippen LogP contribution in [0.3, 0.4) is 0 Å². The summed E-state index contributed by atoms with van der Waals surface area (Å²) >= 11 is 0. The number of hydrogen-bond donors (Lipinski definition) is 0. The standard InChI is InChI=1S/C12H16N2O2/c1-14-7-6-13-12(14)11(16)8-10(15)9-4-2-3-5-9/h6-7,9H,2-5,8H2,1H3. The summed E-state index contributed by atoms with van der Waals surface area (Å²) in [6.07, 6.45) is 7.44. The van der Waals surface area contributed by atoms with Gasteiger partial charge in [0.05, 0.1) is 6.42 Å². The summed E-state index contributed by atoms with van der Waals surface area (Å²) in [5, 5.41) is 0. The molecule has 0 unspecified atom stereocenters. The zero-order valence-electron chi connectivity index (χ0n) is 9.48. The molecule has 86 valence electrons. The molecule has 0 N–H and O–H groups in total. The molecule has 1 heterocycles. The molecule has 1 aliphatic rings. The van der Waals surface area contributed by atoms with Crippen LogP contribution in [0.15, 0.2) is 12.4 Å². The predicted octanol–water partition coefficient (Wildman–Crippen LogP) is 1.75. The summed E-state index contributed by atoms with van der Waals surface area (Å²) in [5.41, 5.74) is 0. The van der Waals surface area contributed by atoms with Crippen molar-refractivity contribution in [3.05, 3.63) is 18.2 Å². The SMILES string of the molecule is Cn1ccnc1C(=O)CC(=O)C1CCCC1.